The summed E-state index contributed by atoms with van der Waals surface area (Å²) in [6.07, 6.45) is 2.31. The molecule has 0 radical (unpaired) electrons. The van der Waals surface area contributed by atoms with Crippen molar-refractivity contribution in [3.63, 3.8) is 0 Å². The number of nitrogens with zero attached hydrogens (tertiary/aromatic N) is 2. The van der Waals surface area contributed by atoms with Crippen molar-refractivity contribution in [2.24, 2.45) is 0 Å². The predicted octanol–water partition coefficient (Wildman–Crippen LogP) is 4.09. The van der Waals surface area contributed by atoms with Crippen molar-refractivity contribution in [2.45, 2.75) is 20.0 Å². The van der Waals surface area contributed by atoms with Gasteiger partial charge in [-0.1, -0.05) is 23.8 Å². The highest BCUT2D eigenvalue weighted by atomic mass is 16.7. The molecule has 0 saturated carbocycles. The van der Waals surface area contributed by atoms with Crippen molar-refractivity contribution < 1.29 is 23.4 Å². The van der Waals surface area contributed by atoms with Crippen LogP contribution >= 0.6 is 0 Å². The van der Waals surface area contributed by atoms with E-state index in [1.165, 1.54) is 6.08 Å². The van der Waals surface area contributed by atoms with Crippen LogP contribution in [0, 0.1) is 6.92 Å². The second-order valence-electron chi connectivity index (χ2n) is 6.34. The summed E-state index contributed by atoms with van der Waals surface area (Å²) in [5.74, 6) is 1.45. The van der Waals surface area contributed by atoms with E-state index in [1.807, 2.05) is 37.3 Å². The molecule has 0 saturated heterocycles. The summed E-state index contributed by atoms with van der Waals surface area (Å²) >= 11 is 0. The highest BCUT2D eigenvalue weighted by molar-refractivity contribution is 5.87. The van der Waals surface area contributed by atoms with Crippen molar-refractivity contribution in [2.75, 3.05) is 6.79 Å². The molecule has 3 aromatic rings. The molecule has 0 bridgehead atoms. The molecule has 1 aliphatic rings. The van der Waals surface area contributed by atoms with Gasteiger partial charge in [-0.25, -0.2) is 4.79 Å². The molecular weight excluding hydrogens is 360 g/mol. The SMILES string of the molecule is Cc1ccc(-c2nnc([C@H](C)OC(=O)/C=C/c3ccc4c(c3)OCO4)o2)cc1. The summed E-state index contributed by atoms with van der Waals surface area (Å²) < 4.78 is 21.5. The zero-order valence-electron chi connectivity index (χ0n) is 15.4. The molecule has 4 rings (SSSR count). The first kappa shape index (κ1) is 17.8. The minimum absolute atomic E-state index is 0.205. The lowest BCUT2D eigenvalue weighted by Crippen LogP contribution is -2.06. The monoisotopic (exact) mass is 378 g/mol. The van der Waals surface area contributed by atoms with Crippen LogP contribution in [0.4, 0.5) is 0 Å². The van der Waals surface area contributed by atoms with E-state index >= 15 is 0 Å². The zero-order valence-corrected chi connectivity index (χ0v) is 15.4. The van der Waals surface area contributed by atoms with Crippen LogP contribution in [0.25, 0.3) is 17.5 Å². The molecule has 142 valence electrons. The minimum Gasteiger partial charge on any atom is -0.454 e. The average Bonchev–Trinajstić information content (AvgIpc) is 3.36. The van der Waals surface area contributed by atoms with Crippen molar-refractivity contribution >= 4 is 12.0 Å². The summed E-state index contributed by atoms with van der Waals surface area (Å²) in [6.45, 7) is 3.89. The van der Waals surface area contributed by atoms with Crippen molar-refractivity contribution in [1.82, 2.24) is 10.2 Å². The zero-order chi connectivity index (χ0) is 19.5. The summed E-state index contributed by atoms with van der Waals surface area (Å²) in [4.78, 5) is 12.1. The Bertz CT molecular complexity index is 1020. The number of carbonyl (C=O) groups excluding carboxylic acids is 1. The van der Waals surface area contributed by atoms with E-state index in [1.54, 1.807) is 25.1 Å². The summed E-state index contributed by atoms with van der Waals surface area (Å²) in [5.41, 5.74) is 2.75. The maximum absolute atomic E-state index is 12.1. The first-order valence-electron chi connectivity index (χ1n) is 8.77. The minimum atomic E-state index is -0.666. The number of hydrogen-bond acceptors (Lipinski definition) is 7. The topological polar surface area (TPSA) is 83.7 Å². The first-order chi connectivity index (χ1) is 13.6. The van der Waals surface area contributed by atoms with E-state index in [9.17, 15) is 4.79 Å². The molecule has 0 spiro atoms. The third kappa shape index (κ3) is 3.88. The number of aryl methyl sites for hydroxylation is 1. The van der Waals surface area contributed by atoms with Crippen molar-refractivity contribution in [1.29, 1.82) is 0 Å². The highest BCUT2D eigenvalue weighted by Gasteiger charge is 2.18. The Labute approximate surface area is 161 Å². The van der Waals surface area contributed by atoms with Gasteiger partial charge in [0.25, 0.3) is 5.89 Å². The number of benzene rings is 2. The number of ether oxygens (including phenoxy) is 3. The fourth-order valence-electron chi connectivity index (χ4n) is 2.66. The Balaban J connectivity index is 1.38. The van der Waals surface area contributed by atoms with Gasteiger partial charge >= 0.3 is 5.97 Å². The molecule has 1 aliphatic heterocycles. The van der Waals surface area contributed by atoms with Gasteiger partial charge in [0.1, 0.15) is 0 Å². The number of carbonyl (C=O) groups is 1. The number of hydrogen-bond donors (Lipinski definition) is 0. The van der Waals surface area contributed by atoms with Gasteiger partial charge in [0.05, 0.1) is 0 Å². The Morgan fingerprint density at radius 2 is 1.89 bits per heavy atom. The number of aromatic nitrogens is 2. The summed E-state index contributed by atoms with van der Waals surface area (Å²) in [7, 11) is 0. The number of rotatable bonds is 5. The maximum Gasteiger partial charge on any atom is 0.331 e. The Kier molecular flexibility index (Phi) is 4.80. The van der Waals surface area contributed by atoms with Crippen LogP contribution in [0.15, 0.2) is 53.0 Å². The van der Waals surface area contributed by atoms with Crippen molar-refractivity contribution in [3.8, 4) is 23.0 Å². The van der Waals surface area contributed by atoms with Gasteiger partial charge in [0, 0.05) is 11.6 Å². The van der Waals surface area contributed by atoms with E-state index in [0.29, 0.717) is 17.4 Å². The summed E-state index contributed by atoms with van der Waals surface area (Å²) in [5, 5.41) is 8.00. The number of fused-ring (bicyclic) bond motifs is 1. The van der Waals surface area contributed by atoms with E-state index in [0.717, 1.165) is 16.7 Å². The van der Waals surface area contributed by atoms with Gasteiger partial charge in [0.15, 0.2) is 17.6 Å². The Morgan fingerprint density at radius 1 is 1.11 bits per heavy atom. The van der Waals surface area contributed by atoms with Gasteiger partial charge < -0.3 is 18.6 Å². The molecule has 2 heterocycles. The molecule has 0 unspecified atom stereocenters. The molecule has 1 atom stereocenters. The van der Waals surface area contributed by atoms with Gasteiger partial charge in [0.2, 0.25) is 12.7 Å². The largest absolute Gasteiger partial charge is 0.454 e. The van der Waals surface area contributed by atoms with Gasteiger partial charge in [-0.3, -0.25) is 0 Å². The molecule has 7 heteroatoms. The standard InChI is InChI=1S/C21H18N2O5/c1-13-3-7-16(8-4-13)21-23-22-20(28-21)14(2)27-19(24)10-6-15-5-9-17-18(11-15)26-12-25-17/h3-11,14H,12H2,1-2H3/b10-6+/t14-/m0/s1. The summed E-state index contributed by atoms with van der Waals surface area (Å²) in [6, 6.07) is 13.1. The fraction of sp³-hybridized carbons (Fsp3) is 0.190. The highest BCUT2D eigenvalue weighted by Crippen LogP contribution is 2.32. The smallest absolute Gasteiger partial charge is 0.331 e. The number of esters is 1. The molecule has 0 N–H and O–H groups in total. The second-order valence-corrected chi connectivity index (χ2v) is 6.34. The lowest BCUT2D eigenvalue weighted by atomic mass is 10.1. The second kappa shape index (κ2) is 7.56. The molecule has 0 amide bonds. The van der Waals surface area contributed by atoms with Crippen LogP contribution in [-0.4, -0.2) is 23.0 Å². The molecule has 0 fully saturated rings. The van der Waals surface area contributed by atoms with E-state index in [4.69, 9.17) is 18.6 Å². The molecule has 2 aromatic carbocycles. The van der Waals surface area contributed by atoms with Crippen molar-refractivity contribution in [3.05, 3.63) is 65.6 Å². The lowest BCUT2D eigenvalue weighted by molar-refractivity contribution is -0.143. The first-order valence-corrected chi connectivity index (χ1v) is 8.77. The van der Waals surface area contributed by atoms with Crippen LogP contribution in [0.2, 0.25) is 0 Å². The Morgan fingerprint density at radius 3 is 2.71 bits per heavy atom. The van der Waals surface area contributed by atoms with Crippen LogP contribution in [0.1, 0.15) is 30.0 Å². The quantitative estimate of drug-likeness (QED) is 0.488. The fourth-order valence-corrected chi connectivity index (χ4v) is 2.66. The lowest BCUT2D eigenvalue weighted by Gasteiger charge is -2.06. The maximum atomic E-state index is 12.1. The molecular formula is C21H18N2O5. The van der Waals surface area contributed by atoms with Crippen LogP contribution in [-0.2, 0) is 9.53 Å². The van der Waals surface area contributed by atoms with E-state index < -0.39 is 12.1 Å². The normalized spacial score (nSPS) is 13.6. The van der Waals surface area contributed by atoms with E-state index in [2.05, 4.69) is 10.2 Å². The molecule has 0 aliphatic carbocycles. The van der Waals surface area contributed by atoms with Gasteiger partial charge in [-0.15, -0.1) is 10.2 Å². The van der Waals surface area contributed by atoms with Crippen LogP contribution < -0.4 is 9.47 Å². The molecule has 28 heavy (non-hydrogen) atoms. The molecule has 7 nitrogen and oxygen atoms in total. The van der Waals surface area contributed by atoms with Crippen LogP contribution in [0.3, 0.4) is 0 Å². The van der Waals surface area contributed by atoms with Gasteiger partial charge in [-0.2, -0.15) is 0 Å². The average molecular weight is 378 g/mol. The third-order valence-electron chi connectivity index (χ3n) is 4.19. The Hall–Kier alpha value is -3.61. The van der Waals surface area contributed by atoms with Crippen LogP contribution in [0.5, 0.6) is 11.5 Å². The predicted molar refractivity (Wildman–Crippen MR) is 101 cm³/mol. The molecule has 1 aromatic heterocycles. The van der Waals surface area contributed by atoms with E-state index in [-0.39, 0.29) is 12.7 Å². The van der Waals surface area contributed by atoms with Gasteiger partial charge in [-0.05, 0) is 49.8 Å². The third-order valence-corrected chi connectivity index (χ3v) is 4.19.